The van der Waals surface area contributed by atoms with E-state index in [0.717, 1.165) is 6.20 Å². The fourth-order valence-electron chi connectivity index (χ4n) is 0.887. The zero-order valence-electron chi connectivity index (χ0n) is 9.59. The second-order valence-electron chi connectivity index (χ2n) is 4.35. The molecule has 0 fully saturated rings. The van der Waals surface area contributed by atoms with Crippen LogP contribution < -0.4 is 0 Å². The van der Waals surface area contributed by atoms with Crippen LogP contribution in [-0.2, 0) is 6.18 Å². The van der Waals surface area contributed by atoms with Crippen LogP contribution in [0.25, 0.3) is 0 Å². The standard InChI is InChI=1S/C10H12F3NOS2/c1-9(2,3)16-5-6(15)7-4-14-8(17-7)10(11,12)13/h4H,5H2,1-3H3. The van der Waals surface area contributed by atoms with Gasteiger partial charge in [0.2, 0.25) is 0 Å². The van der Waals surface area contributed by atoms with Gasteiger partial charge in [0.15, 0.2) is 10.8 Å². The quantitative estimate of drug-likeness (QED) is 0.789. The van der Waals surface area contributed by atoms with E-state index in [1.807, 2.05) is 20.8 Å². The van der Waals surface area contributed by atoms with Crippen LogP contribution in [0.15, 0.2) is 6.20 Å². The van der Waals surface area contributed by atoms with E-state index < -0.39 is 11.2 Å². The van der Waals surface area contributed by atoms with Gasteiger partial charge in [-0.15, -0.1) is 23.1 Å². The predicted molar refractivity (Wildman–Crippen MR) is 63.7 cm³/mol. The molecular formula is C10H12F3NOS2. The molecule has 0 bridgehead atoms. The molecule has 7 heteroatoms. The van der Waals surface area contributed by atoms with Crippen LogP contribution in [0.2, 0.25) is 0 Å². The van der Waals surface area contributed by atoms with Gasteiger partial charge in [-0.2, -0.15) is 13.2 Å². The minimum atomic E-state index is -4.47. The molecule has 0 aromatic carbocycles. The van der Waals surface area contributed by atoms with Crippen LogP contribution in [-0.4, -0.2) is 21.3 Å². The number of halogens is 3. The van der Waals surface area contributed by atoms with Gasteiger partial charge in [0.1, 0.15) is 0 Å². The minimum absolute atomic E-state index is 0.0640. The zero-order chi connectivity index (χ0) is 13.3. The average Bonchev–Trinajstić information content (AvgIpc) is 2.60. The van der Waals surface area contributed by atoms with Crippen LogP contribution in [0.3, 0.4) is 0 Å². The van der Waals surface area contributed by atoms with Crippen LogP contribution in [0.4, 0.5) is 13.2 Å². The molecule has 0 radical (unpaired) electrons. The first-order chi connectivity index (χ1) is 7.59. The van der Waals surface area contributed by atoms with Crippen molar-refractivity contribution >= 4 is 28.9 Å². The van der Waals surface area contributed by atoms with Crippen molar-refractivity contribution in [2.24, 2.45) is 0 Å². The van der Waals surface area contributed by atoms with Crippen LogP contribution in [0.5, 0.6) is 0 Å². The first-order valence-corrected chi connectivity index (χ1v) is 6.60. The van der Waals surface area contributed by atoms with Crippen molar-refractivity contribution < 1.29 is 18.0 Å². The van der Waals surface area contributed by atoms with Crippen molar-refractivity contribution in [2.45, 2.75) is 31.7 Å². The number of nitrogens with zero attached hydrogens (tertiary/aromatic N) is 1. The zero-order valence-corrected chi connectivity index (χ0v) is 11.2. The summed E-state index contributed by atoms with van der Waals surface area (Å²) in [5.41, 5.74) is 0. The molecule has 0 saturated carbocycles. The van der Waals surface area contributed by atoms with Crippen LogP contribution in [0.1, 0.15) is 35.5 Å². The number of hydrogen-bond donors (Lipinski definition) is 0. The number of hydrogen-bond acceptors (Lipinski definition) is 4. The summed E-state index contributed by atoms with van der Waals surface area (Å²) in [6, 6.07) is 0. The first-order valence-electron chi connectivity index (χ1n) is 4.80. The highest BCUT2D eigenvalue weighted by Gasteiger charge is 2.35. The lowest BCUT2D eigenvalue weighted by atomic mass is 10.3. The van der Waals surface area contributed by atoms with Gasteiger partial charge in [-0.1, -0.05) is 20.8 Å². The maximum Gasteiger partial charge on any atom is 0.443 e. The lowest BCUT2D eigenvalue weighted by Gasteiger charge is -2.16. The van der Waals surface area contributed by atoms with E-state index in [1.165, 1.54) is 11.8 Å². The molecule has 1 rings (SSSR count). The molecule has 0 aliphatic rings. The van der Waals surface area contributed by atoms with E-state index in [-0.39, 0.29) is 21.2 Å². The topological polar surface area (TPSA) is 30.0 Å². The molecule has 0 unspecified atom stereocenters. The second-order valence-corrected chi connectivity index (χ2v) is 7.18. The molecule has 0 spiro atoms. The van der Waals surface area contributed by atoms with Gasteiger partial charge in [0, 0.05) is 10.9 Å². The number of carbonyl (C=O) groups is 1. The van der Waals surface area contributed by atoms with E-state index in [1.54, 1.807) is 0 Å². The van der Waals surface area contributed by atoms with Gasteiger partial charge < -0.3 is 0 Å². The number of Topliss-reactive ketones (excluding diaryl/α,β-unsaturated/α-hetero) is 1. The van der Waals surface area contributed by atoms with Crippen molar-refractivity contribution in [3.05, 3.63) is 16.1 Å². The Labute approximate surface area is 106 Å². The second kappa shape index (κ2) is 4.97. The Hall–Kier alpha value is -0.560. The summed E-state index contributed by atoms with van der Waals surface area (Å²) in [6.45, 7) is 5.83. The van der Waals surface area contributed by atoms with Gasteiger partial charge in [0.25, 0.3) is 0 Å². The summed E-state index contributed by atoms with van der Waals surface area (Å²) < 4.78 is 36.7. The molecular weight excluding hydrogens is 271 g/mol. The van der Waals surface area contributed by atoms with Gasteiger partial charge in [0.05, 0.1) is 10.6 Å². The summed E-state index contributed by atoms with van der Waals surface area (Å²) in [7, 11) is 0. The van der Waals surface area contributed by atoms with Gasteiger partial charge in [-0.25, -0.2) is 4.98 Å². The fourth-order valence-corrected chi connectivity index (χ4v) is 2.42. The number of aromatic nitrogens is 1. The summed E-state index contributed by atoms with van der Waals surface area (Å²) in [5.74, 6) is -0.138. The van der Waals surface area contributed by atoms with Crippen molar-refractivity contribution in [3.8, 4) is 0 Å². The number of ketones is 1. The molecule has 96 valence electrons. The highest BCUT2D eigenvalue weighted by molar-refractivity contribution is 8.01. The summed E-state index contributed by atoms with van der Waals surface area (Å²) in [5, 5.41) is -0.971. The maximum absolute atomic E-state index is 12.3. The maximum atomic E-state index is 12.3. The number of carbonyl (C=O) groups excluding carboxylic acids is 1. The SMILES string of the molecule is CC(C)(C)SCC(=O)c1cnc(C(F)(F)F)s1. The molecule has 1 heterocycles. The molecule has 0 saturated heterocycles. The van der Waals surface area contributed by atoms with E-state index >= 15 is 0 Å². The average molecular weight is 283 g/mol. The third-order valence-electron chi connectivity index (χ3n) is 1.66. The fraction of sp³-hybridized carbons (Fsp3) is 0.600. The Kier molecular flexibility index (Phi) is 4.24. The molecule has 2 nitrogen and oxygen atoms in total. The van der Waals surface area contributed by atoms with Crippen molar-refractivity contribution in [3.63, 3.8) is 0 Å². The molecule has 0 amide bonds. The smallest absolute Gasteiger partial charge is 0.292 e. The lowest BCUT2D eigenvalue weighted by molar-refractivity contribution is -0.137. The van der Waals surface area contributed by atoms with E-state index in [2.05, 4.69) is 4.98 Å². The number of alkyl halides is 3. The monoisotopic (exact) mass is 283 g/mol. The van der Waals surface area contributed by atoms with Crippen molar-refractivity contribution in [1.82, 2.24) is 4.98 Å². The lowest BCUT2D eigenvalue weighted by Crippen LogP contribution is -2.12. The molecule has 0 atom stereocenters. The third-order valence-corrected chi connectivity index (χ3v) is 4.02. The third kappa shape index (κ3) is 4.67. The summed E-state index contributed by atoms with van der Waals surface area (Å²) in [6.07, 6.45) is -3.47. The number of thioether (sulfide) groups is 1. The molecule has 1 aromatic rings. The molecule has 17 heavy (non-hydrogen) atoms. The summed E-state index contributed by atoms with van der Waals surface area (Å²) in [4.78, 5) is 14.9. The first kappa shape index (κ1) is 14.5. The highest BCUT2D eigenvalue weighted by Crippen LogP contribution is 2.33. The Bertz CT molecular complexity index is 406. The number of rotatable bonds is 3. The van der Waals surface area contributed by atoms with Crippen LogP contribution in [0, 0.1) is 0 Å². The number of thiazole rings is 1. The Morgan fingerprint density at radius 3 is 2.41 bits per heavy atom. The van der Waals surface area contributed by atoms with Crippen molar-refractivity contribution in [2.75, 3.05) is 5.75 Å². The Morgan fingerprint density at radius 2 is 2.00 bits per heavy atom. The van der Waals surface area contributed by atoms with Crippen LogP contribution >= 0.6 is 23.1 Å². The minimum Gasteiger partial charge on any atom is -0.292 e. The van der Waals surface area contributed by atoms with Gasteiger partial charge >= 0.3 is 6.18 Å². The molecule has 0 N–H and O–H groups in total. The largest absolute Gasteiger partial charge is 0.443 e. The van der Waals surface area contributed by atoms with E-state index in [0.29, 0.717) is 11.3 Å². The normalized spacial score (nSPS) is 12.8. The predicted octanol–water partition coefficient (Wildman–Crippen LogP) is 3.88. The van der Waals surface area contributed by atoms with E-state index in [9.17, 15) is 18.0 Å². The van der Waals surface area contributed by atoms with Gasteiger partial charge in [-0.3, -0.25) is 4.79 Å². The van der Waals surface area contributed by atoms with E-state index in [4.69, 9.17) is 0 Å². The highest BCUT2D eigenvalue weighted by atomic mass is 32.2. The molecule has 0 aliphatic carbocycles. The Morgan fingerprint density at radius 1 is 1.41 bits per heavy atom. The molecule has 0 aliphatic heterocycles. The summed E-state index contributed by atoms with van der Waals surface area (Å²) >= 11 is 1.80. The Balaban J connectivity index is 2.68. The van der Waals surface area contributed by atoms with Crippen molar-refractivity contribution in [1.29, 1.82) is 0 Å². The van der Waals surface area contributed by atoms with Gasteiger partial charge in [-0.05, 0) is 0 Å². The molecule has 1 aromatic heterocycles.